The first-order chi connectivity index (χ1) is 14.0. The molecule has 0 radical (unpaired) electrons. The summed E-state index contributed by atoms with van der Waals surface area (Å²) >= 11 is 1.70. The average Bonchev–Trinajstić information content (AvgIpc) is 3.29. The van der Waals surface area contributed by atoms with Crippen molar-refractivity contribution in [2.24, 2.45) is 0 Å². The summed E-state index contributed by atoms with van der Waals surface area (Å²) in [5.41, 5.74) is 3.63. The molecule has 2 aromatic heterocycles. The van der Waals surface area contributed by atoms with Gasteiger partial charge in [0.05, 0.1) is 11.4 Å². The standard InChI is InChI=1S/C22H20N2O4S/c1-13(22(25)26)27-16-8-9-17-19(24-28-20(17)12-16)11-10-18-14(2)29-21(23-18)15-6-4-3-5-7-15/h3-9,12-13H,10-11H2,1-2H3,(H,25,26). The summed E-state index contributed by atoms with van der Waals surface area (Å²) in [7, 11) is 0. The van der Waals surface area contributed by atoms with E-state index in [1.54, 1.807) is 23.5 Å². The number of carboxylic acids is 1. The van der Waals surface area contributed by atoms with E-state index in [9.17, 15) is 4.79 Å². The first-order valence-corrected chi connectivity index (χ1v) is 10.1. The van der Waals surface area contributed by atoms with Gasteiger partial charge in [-0.25, -0.2) is 9.78 Å². The van der Waals surface area contributed by atoms with Gasteiger partial charge in [0, 0.05) is 21.9 Å². The summed E-state index contributed by atoms with van der Waals surface area (Å²) in [5, 5.41) is 15.1. The van der Waals surface area contributed by atoms with E-state index in [0.717, 1.165) is 33.8 Å². The molecule has 29 heavy (non-hydrogen) atoms. The number of rotatable bonds is 7. The number of carboxylic acid groups (broad SMARTS) is 1. The third-order valence-electron chi connectivity index (χ3n) is 4.69. The SMILES string of the molecule is Cc1sc(-c2ccccc2)nc1CCc1noc2cc(OC(C)C(=O)O)ccc12. The summed E-state index contributed by atoms with van der Waals surface area (Å²) in [6.45, 7) is 3.58. The molecule has 0 aliphatic rings. The normalized spacial score (nSPS) is 12.2. The van der Waals surface area contributed by atoms with Gasteiger partial charge in [0.25, 0.3) is 0 Å². The van der Waals surface area contributed by atoms with Gasteiger partial charge in [0.15, 0.2) is 11.7 Å². The zero-order chi connectivity index (χ0) is 20.4. The smallest absolute Gasteiger partial charge is 0.344 e. The lowest BCUT2D eigenvalue weighted by atomic mass is 10.1. The fourth-order valence-corrected chi connectivity index (χ4v) is 4.04. The zero-order valence-electron chi connectivity index (χ0n) is 16.1. The summed E-state index contributed by atoms with van der Waals surface area (Å²) in [6.07, 6.45) is 0.545. The van der Waals surface area contributed by atoms with Crippen molar-refractivity contribution in [3.05, 3.63) is 64.8 Å². The number of fused-ring (bicyclic) bond motifs is 1. The topological polar surface area (TPSA) is 85.5 Å². The van der Waals surface area contributed by atoms with Crippen molar-refractivity contribution in [3.8, 4) is 16.3 Å². The van der Waals surface area contributed by atoms with Crippen molar-refractivity contribution in [1.29, 1.82) is 0 Å². The van der Waals surface area contributed by atoms with Crippen LogP contribution in [-0.4, -0.2) is 27.3 Å². The van der Waals surface area contributed by atoms with E-state index in [2.05, 4.69) is 24.2 Å². The molecule has 1 atom stereocenters. The molecule has 6 nitrogen and oxygen atoms in total. The minimum absolute atomic E-state index is 0.443. The Morgan fingerprint density at radius 2 is 1.93 bits per heavy atom. The second-order valence-electron chi connectivity index (χ2n) is 6.77. The van der Waals surface area contributed by atoms with Gasteiger partial charge < -0.3 is 14.4 Å². The van der Waals surface area contributed by atoms with Gasteiger partial charge in [-0.3, -0.25) is 0 Å². The molecular formula is C22H20N2O4S. The summed E-state index contributed by atoms with van der Waals surface area (Å²) < 4.78 is 10.8. The van der Waals surface area contributed by atoms with Crippen LogP contribution in [0.5, 0.6) is 5.75 Å². The van der Waals surface area contributed by atoms with Gasteiger partial charge >= 0.3 is 5.97 Å². The Morgan fingerprint density at radius 3 is 2.69 bits per heavy atom. The molecule has 148 valence electrons. The lowest BCUT2D eigenvalue weighted by Crippen LogP contribution is -2.22. The molecule has 0 saturated carbocycles. The second kappa shape index (κ2) is 8.05. The van der Waals surface area contributed by atoms with Crippen molar-refractivity contribution < 1.29 is 19.2 Å². The maximum atomic E-state index is 10.9. The van der Waals surface area contributed by atoms with Crippen LogP contribution in [0.3, 0.4) is 0 Å². The number of nitrogens with zero attached hydrogens (tertiary/aromatic N) is 2. The number of hydrogen-bond acceptors (Lipinski definition) is 6. The molecule has 0 saturated heterocycles. The summed E-state index contributed by atoms with van der Waals surface area (Å²) in [4.78, 5) is 17.0. The Bertz CT molecular complexity index is 1150. The quantitative estimate of drug-likeness (QED) is 0.468. The minimum Gasteiger partial charge on any atom is -0.479 e. The van der Waals surface area contributed by atoms with Gasteiger partial charge in [0.1, 0.15) is 10.8 Å². The van der Waals surface area contributed by atoms with Crippen LogP contribution in [0.15, 0.2) is 53.1 Å². The molecule has 1 N–H and O–H groups in total. The second-order valence-corrected chi connectivity index (χ2v) is 7.98. The Morgan fingerprint density at radius 1 is 1.17 bits per heavy atom. The number of aromatic nitrogens is 2. The van der Waals surface area contributed by atoms with Crippen LogP contribution >= 0.6 is 11.3 Å². The first kappa shape index (κ1) is 19.1. The van der Waals surface area contributed by atoms with Crippen molar-refractivity contribution in [1.82, 2.24) is 10.1 Å². The highest BCUT2D eigenvalue weighted by Crippen LogP contribution is 2.29. The summed E-state index contributed by atoms with van der Waals surface area (Å²) in [6, 6.07) is 15.4. The molecule has 2 heterocycles. The predicted molar refractivity (Wildman–Crippen MR) is 111 cm³/mol. The maximum absolute atomic E-state index is 10.9. The molecule has 0 amide bonds. The van der Waals surface area contributed by atoms with Gasteiger partial charge in [-0.05, 0) is 38.8 Å². The Balaban J connectivity index is 1.49. The molecule has 0 spiro atoms. The van der Waals surface area contributed by atoms with Crippen LogP contribution in [-0.2, 0) is 17.6 Å². The molecule has 1 unspecified atom stereocenters. The number of thiazole rings is 1. The van der Waals surface area contributed by atoms with Crippen molar-refractivity contribution in [3.63, 3.8) is 0 Å². The van der Waals surface area contributed by atoms with Crippen LogP contribution in [0, 0.1) is 6.92 Å². The highest BCUT2D eigenvalue weighted by Gasteiger charge is 2.16. The van der Waals surface area contributed by atoms with E-state index < -0.39 is 12.1 Å². The number of aryl methyl sites for hydroxylation is 3. The fourth-order valence-electron chi connectivity index (χ4n) is 3.08. The summed E-state index contributed by atoms with van der Waals surface area (Å²) in [5.74, 6) is -0.574. The van der Waals surface area contributed by atoms with Crippen LogP contribution in [0.1, 0.15) is 23.2 Å². The van der Waals surface area contributed by atoms with Crippen molar-refractivity contribution in [2.75, 3.05) is 0 Å². The molecule has 4 aromatic rings. The average molecular weight is 408 g/mol. The van der Waals surface area contributed by atoms with Gasteiger partial charge in [-0.2, -0.15) is 0 Å². The van der Waals surface area contributed by atoms with Crippen LogP contribution < -0.4 is 4.74 Å². The van der Waals surface area contributed by atoms with Crippen molar-refractivity contribution in [2.45, 2.75) is 32.8 Å². The van der Waals surface area contributed by atoms with Crippen LogP contribution in [0.2, 0.25) is 0 Å². The first-order valence-electron chi connectivity index (χ1n) is 9.31. The monoisotopic (exact) mass is 408 g/mol. The number of hydrogen-bond donors (Lipinski definition) is 1. The molecule has 7 heteroatoms. The van der Waals surface area contributed by atoms with Crippen LogP contribution in [0.4, 0.5) is 0 Å². The molecule has 0 aliphatic heterocycles. The van der Waals surface area contributed by atoms with E-state index >= 15 is 0 Å². The Kier molecular flexibility index (Phi) is 5.31. The largest absolute Gasteiger partial charge is 0.479 e. The predicted octanol–water partition coefficient (Wildman–Crippen LogP) is 4.90. The van der Waals surface area contributed by atoms with E-state index in [1.165, 1.54) is 11.8 Å². The maximum Gasteiger partial charge on any atom is 0.344 e. The Labute approximate surface area is 171 Å². The Hall–Kier alpha value is -3.19. The van der Waals surface area contributed by atoms with Gasteiger partial charge in [-0.1, -0.05) is 35.5 Å². The van der Waals surface area contributed by atoms with Gasteiger partial charge in [0.2, 0.25) is 0 Å². The zero-order valence-corrected chi connectivity index (χ0v) is 16.9. The number of carbonyl (C=O) groups is 1. The number of benzene rings is 2. The fraction of sp³-hybridized carbons (Fsp3) is 0.227. The van der Waals surface area contributed by atoms with E-state index in [-0.39, 0.29) is 0 Å². The molecule has 0 fully saturated rings. The van der Waals surface area contributed by atoms with E-state index in [1.807, 2.05) is 24.3 Å². The van der Waals surface area contributed by atoms with Gasteiger partial charge in [-0.15, -0.1) is 11.3 Å². The molecule has 0 aliphatic carbocycles. The number of ether oxygens (including phenoxy) is 1. The molecule has 0 bridgehead atoms. The minimum atomic E-state index is -1.02. The third-order valence-corrected chi connectivity index (χ3v) is 5.75. The molecular weight excluding hydrogens is 388 g/mol. The van der Waals surface area contributed by atoms with E-state index in [0.29, 0.717) is 17.8 Å². The molecule has 4 rings (SSSR count). The lowest BCUT2D eigenvalue weighted by Gasteiger charge is -2.09. The highest BCUT2D eigenvalue weighted by molar-refractivity contribution is 7.15. The van der Waals surface area contributed by atoms with Crippen LogP contribution in [0.25, 0.3) is 21.5 Å². The third kappa shape index (κ3) is 4.14. The highest BCUT2D eigenvalue weighted by atomic mass is 32.1. The molecule has 2 aromatic carbocycles. The lowest BCUT2D eigenvalue weighted by molar-refractivity contribution is -0.144. The number of aliphatic carboxylic acids is 1. The van der Waals surface area contributed by atoms with Crippen molar-refractivity contribution >= 4 is 28.3 Å². The van der Waals surface area contributed by atoms with E-state index in [4.69, 9.17) is 19.4 Å².